The van der Waals surface area contributed by atoms with Gasteiger partial charge in [-0.1, -0.05) is 24.3 Å². The lowest BCUT2D eigenvalue weighted by Gasteiger charge is -2.12. The Morgan fingerprint density at radius 1 is 1.38 bits per heavy atom. The maximum atomic E-state index is 5.72. The SMILES string of the molecule is Cc1ccccc1C1CNC(C)O1. The number of hydrogen-bond acceptors (Lipinski definition) is 2. The predicted molar refractivity (Wildman–Crippen MR) is 52.5 cm³/mol. The van der Waals surface area contributed by atoms with E-state index in [2.05, 4.69) is 36.5 Å². The molecule has 0 bridgehead atoms. The fourth-order valence-corrected chi connectivity index (χ4v) is 1.75. The lowest BCUT2D eigenvalue weighted by atomic mass is 10.0. The minimum atomic E-state index is 0.185. The third-order valence-corrected chi connectivity index (χ3v) is 2.49. The van der Waals surface area contributed by atoms with E-state index >= 15 is 0 Å². The molecule has 0 saturated carbocycles. The number of ether oxygens (including phenoxy) is 1. The van der Waals surface area contributed by atoms with E-state index in [-0.39, 0.29) is 12.3 Å². The van der Waals surface area contributed by atoms with Gasteiger partial charge in [-0.25, -0.2) is 0 Å². The van der Waals surface area contributed by atoms with E-state index in [1.807, 2.05) is 6.92 Å². The molecule has 13 heavy (non-hydrogen) atoms. The van der Waals surface area contributed by atoms with Crippen LogP contribution >= 0.6 is 0 Å². The number of rotatable bonds is 1. The third-order valence-electron chi connectivity index (χ3n) is 2.49. The molecule has 1 saturated heterocycles. The monoisotopic (exact) mass is 177 g/mol. The summed E-state index contributed by atoms with van der Waals surface area (Å²) in [6, 6.07) is 8.39. The van der Waals surface area contributed by atoms with Crippen molar-refractivity contribution in [2.45, 2.75) is 26.2 Å². The fraction of sp³-hybridized carbons (Fsp3) is 0.455. The molecule has 0 radical (unpaired) electrons. The van der Waals surface area contributed by atoms with Crippen molar-refractivity contribution in [3.8, 4) is 0 Å². The molecule has 0 spiro atoms. The lowest BCUT2D eigenvalue weighted by molar-refractivity contribution is 0.0526. The Balaban J connectivity index is 2.21. The Morgan fingerprint density at radius 3 is 2.77 bits per heavy atom. The van der Waals surface area contributed by atoms with Crippen LogP contribution in [-0.2, 0) is 4.74 Å². The summed E-state index contributed by atoms with van der Waals surface area (Å²) in [4.78, 5) is 0. The van der Waals surface area contributed by atoms with Crippen LogP contribution < -0.4 is 5.32 Å². The highest BCUT2D eigenvalue weighted by Crippen LogP contribution is 2.24. The van der Waals surface area contributed by atoms with Crippen molar-refractivity contribution in [3.05, 3.63) is 35.4 Å². The van der Waals surface area contributed by atoms with E-state index in [0.717, 1.165) is 6.54 Å². The van der Waals surface area contributed by atoms with Gasteiger partial charge in [0.15, 0.2) is 0 Å². The van der Waals surface area contributed by atoms with Crippen LogP contribution in [0.5, 0.6) is 0 Å². The van der Waals surface area contributed by atoms with Gasteiger partial charge in [-0.2, -0.15) is 0 Å². The molecule has 1 aliphatic rings. The average Bonchev–Trinajstić information content (AvgIpc) is 2.53. The first-order valence-corrected chi connectivity index (χ1v) is 4.72. The molecular weight excluding hydrogens is 162 g/mol. The molecule has 2 unspecified atom stereocenters. The second-order valence-corrected chi connectivity index (χ2v) is 3.53. The predicted octanol–water partition coefficient (Wildman–Crippen LogP) is 2.00. The number of aryl methyl sites for hydroxylation is 1. The second kappa shape index (κ2) is 3.48. The quantitative estimate of drug-likeness (QED) is 0.708. The molecule has 0 amide bonds. The van der Waals surface area contributed by atoms with Gasteiger partial charge in [-0.15, -0.1) is 0 Å². The third kappa shape index (κ3) is 1.74. The van der Waals surface area contributed by atoms with Crippen molar-refractivity contribution >= 4 is 0 Å². The van der Waals surface area contributed by atoms with E-state index in [4.69, 9.17) is 4.74 Å². The molecule has 1 aromatic rings. The van der Waals surface area contributed by atoms with Gasteiger partial charge in [-0.3, -0.25) is 5.32 Å². The summed E-state index contributed by atoms with van der Waals surface area (Å²) in [6.07, 6.45) is 0.417. The van der Waals surface area contributed by atoms with Crippen LogP contribution in [0.1, 0.15) is 24.2 Å². The average molecular weight is 177 g/mol. The van der Waals surface area contributed by atoms with Gasteiger partial charge in [0.1, 0.15) is 6.23 Å². The van der Waals surface area contributed by atoms with Crippen LogP contribution in [-0.4, -0.2) is 12.8 Å². The maximum absolute atomic E-state index is 5.72. The Bertz CT molecular complexity index is 298. The first-order valence-electron chi connectivity index (χ1n) is 4.72. The topological polar surface area (TPSA) is 21.3 Å². The summed E-state index contributed by atoms with van der Waals surface area (Å²) in [7, 11) is 0. The molecule has 0 aromatic heterocycles. The zero-order valence-electron chi connectivity index (χ0n) is 8.08. The van der Waals surface area contributed by atoms with Gasteiger partial charge in [-0.05, 0) is 25.0 Å². The molecule has 2 rings (SSSR count). The standard InChI is InChI=1S/C11H15NO/c1-8-5-3-4-6-10(8)11-7-12-9(2)13-11/h3-6,9,11-12H,7H2,1-2H3. The van der Waals surface area contributed by atoms with E-state index in [1.54, 1.807) is 0 Å². The molecule has 1 N–H and O–H groups in total. The van der Waals surface area contributed by atoms with Crippen LogP contribution in [0.15, 0.2) is 24.3 Å². The number of hydrogen-bond donors (Lipinski definition) is 1. The van der Waals surface area contributed by atoms with Gasteiger partial charge >= 0.3 is 0 Å². The van der Waals surface area contributed by atoms with Crippen molar-refractivity contribution in [2.75, 3.05) is 6.54 Å². The minimum absolute atomic E-state index is 0.185. The van der Waals surface area contributed by atoms with Crippen molar-refractivity contribution in [2.24, 2.45) is 0 Å². The summed E-state index contributed by atoms with van der Waals surface area (Å²) in [5.74, 6) is 0. The fourth-order valence-electron chi connectivity index (χ4n) is 1.75. The summed E-state index contributed by atoms with van der Waals surface area (Å²) in [6.45, 7) is 5.09. The van der Waals surface area contributed by atoms with Crippen LogP contribution in [0.2, 0.25) is 0 Å². The van der Waals surface area contributed by atoms with Crippen LogP contribution in [0.25, 0.3) is 0 Å². The molecule has 1 aromatic carbocycles. The van der Waals surface area contributed by atoms with Crippen molar-refractivity contribution < 1.29 is 4.74 Å². The highest BCUT2D eigenvalue weighted by Gasteiger charge is 2.23. The summed E-state index contributed by atoms with van der Waals surface area (Å²) in [5.41, 5.74) is 2.61. The molecule has 1 aliphatic heterocycles. The molecule has 2 nitrogen and oxygen atoms in total. The zero-order chi connectivity index (χ0) is 9.26. The first kappa shape index (κ1) is 8.73. The van der Waals surface area contributed by atoms with Crippen molar-refractivity contribution in [1.82, 2.24) is 5.32 Å². The van der Waals surface area contributed by atoms with Gasteiger partial charge in [0.2, 0.25) is 0 Å². The van der Waals surface area contributed by atoms with Gasteiger partial charge in [0.25, 0.3) is 0 Å². The Kier molecular flexibility index (Phi) is 2.34. The van der Waals surface area contributed by atoms with E-state index in [1.165, 1.54) is 11.1 Å². The van der Waals surface area contributed by atoms with Crippen molar-refractivity contribution in [3.63, 3.8) is 0 Å². The Labute approximate surface area is 78.9 Å². The molecule has 2 atom stereocenters. The van der Waals surface area contributed by atoms with E-state index in [0.29, 0.717) is 0 Å². The molecule has 70 valence electrons. The summed E-state index contributed by atoms with van der Waals surface area (Å²) in [5, 5.41) is 3.27. The second-order valence-electron chi connectivity index (χ2n) is 3.53. The van der Waals surface area contributed by atoms with Crippen LogP contribution in [0.4, 0.5) is 0 Å². The Hall–Kier alpha value is -0.860. The van der Waals surface area contributed by atoms with E-state index < -0.39 is 0 Å². The summed E-state index contributed by atoms with van der Waals surface area (Å²) >= 11 is 0. The smallest absolute Gasteiger partial charge is 0.106 e. The van der Waals surface area contributed by atoms with Gasteiger partial charge < -0.3 is 4.74 Å². The minimum Gasteiger partial charge on any atom is -0.354 e. The van der Waals surface area contributed by atoms with Gasteiger partial charge in [0, 0.05) is 6.54 Å². The lowest BCUT2D eigenvalue weighted by Crippen LogP contribution is -2.17. The molecule has 2 heteroatoms. The molecule has 0 aliphatic carbocycles. The van der Waals surface area contributed by atoms with Crippen molar-refractivity contribution in [1.29, 1.82) is 0 Å². The van der Waals surface area contributed by atoms with E-state index in [9.17, 15) is 0 Å². The number of benzene rings is 1. The zero-order valence-corrected chi connectivity index (χ0v) is 8.08. The maximum Gasteiger partial charge on any atom is 0.106 e. The number of nitrogens with one attached hydrogen (secondary N) is 1. The first-order chi connectivity index (χ1) is 6.27. The highest BCUT2D eigenvalue weighted by molar-refractivity contribution is 5.28. The molecular formula is C11H15NO. The van der Waals surface area contributed by atoms with Crippen LogP contribution in [0, 0.1) is 6.92 Å². The van der Waals surface area contributed by atoms with Gasteiger partial charge in [0.05, 0.1) is 6.10 Å². The normalized spacial score (nSPS) is 27.8. The highest BCUT2D eigenvalue weighted by atomic mass is 16.5. The van der Waals surface area contributed by atoms with Crippen LogP contribution in [0.3, 0.4) is 0 Å². The molecule has 1 fully saturated rings. The largest absolute Gasteiger partial charge is 0.354 e. The molecule has 1 heterocycles. The summed E-state index contributed by atoms with van der Waals surface area (Å²) < 4.78 is 5.72. The Morgan fingerprint density at radius 2 is 2.15 bits per heavy atom.